The maximum absolute atomic E-state index is 13.5. The molecule has 0 aliphatic heterocycles. The van der Waals surface area contributed by atoms with Gasteiger partial charge in [0.1, 0.15) is 0 Å². The normalized spacial score (nSPS) is 13.3. The predicted molar refractivity (Wildman–Crippen MR) is 191 cm³/mol. The van der Waals surface area contributed by atoms with Crippen LogP contribution < -0.4 is 35.6 Å². The van der Waals surface area contributed by atoms with E-state index in [4.69, 9.17) is 14.2 Å². The summed E-state index contributed by atoms with van der Waals surface area (Å²) in [5.74, 6) is 1.25. The van der Waals surface area contributed by atoms with Gasteiger partial charge in [-0.25, -0.2) is 4.98 Å². The first-order valence-corrected chi connectivity index (χ1v) is 16.6. The van der Waals surface area contributed by atoms with Crippen LogP contribution in [0.25, 0.3) is 11.1 Å². The Labute approximate surface area is 291 Å². The molecule has 3 aromatic carbocycles. The Balaban J connectivity index is 1.23. The van der Waals surface area contributed by atoms with E-state index in [1.165, 1.54) is 6.92 Å². The van der Waals surface area contributed by atoms with Crippen molar-refractivity contribution >= 4 is 29.0 Å². The lowest BCUT2D eigenvalue weighted by Gasteiger charge is -2.19. The Morgan fingerprint density at radius 2 is 1.76 bits per heavy atom. The average molecular weight is 682 g/mol. The van der Waals surface area contributed by atoms with Crippen LogP contribution in [0.1, 0.15) is 72.4 Å². The van der Waals surface area contributed by atoms with Gasteiger partial charge in [0.05, 0.1) is 33.1 Å². The standard InChI is InChI=1S/C38H43N5O7/c1-23(44)41-29-15-13-24-21-32(48-3)36(49-4)37(50-5)34(24)27-14-16-30(31(45)22-28(27)29)39-17-8-6-7-12-33(46)42-26-11-9-10-25(20-26)35(47)38-40-18-19-43(38)2/h9-11,14,16,18-22,29H,6-8,12-13,15,17H2,1-5H3,(H,39,45)(H,41,44)(H,42,46)/t29-/m1/s1. The van der Waals surface area contributed by atoms with Crippen molar-refractivity contribution in [2.45, 2.75) is 51.5 Å². The van der Waals surface area contributed by atoms with Crippen LogP contribution in [0.4, 0.5) is 11.4 Å². The molecule has 1 atom stereocenters. The molecule has 0 radical (unpaired) electrons. The van der Waals surface area contributed by atoms with Gasteiger partial charge in [0, 0.05) is 56.1 Å². The van der Waals surface area contributed by atoms with E-state index in [2.05, 4.69) is 20.9 Å². The molecule has 4 aromatic rings. The van der Waals surface area contributed by atoms with E-state index in [-0.39, 0.29) is 29.1 Å². The van der Waals surface area contributed by atoms with Crippen LogP contribution >= 0.6 is 0 Å². The smallest absolute Gasteiger partial charge is 0.228 e. The van der Waals surface area contributed by atoms with E-state index in [1.54, 1.807) is 81.7 Å². The highest BCUT2D eigenvalue weighted by Gasteiger charge is 2.29. The number of carbonyl (C=O) groups is 3. The Bertz CT molecular complexity index is 1950. The Kier molecular flexibility index (Phi) is 11.5. The first-order valence-electron chi connectivity index (χ1n) is 16.6. The van der Waals surface area contributed by atoms with E-state index in [9.17, 15) is 19.2 Å². The predicted octanol–water partition coefficient (Wildman–Crippen LogP) is 5.44. The number of unbranched alkanes of at least 4 members (excludes halogenated alkanes) is 2. The molecule has 1 aliphatic carbocycles. The summed E-state index contributed by atoms with van der Waals surface area (Å²) < 4.78 is 18.8. The summed E-state index contributed by atoms with van der Waals surface area (Å²) in [5, 5.41) is 9.16. The number of aromatic nitrogens is 2. The molecule has 262 valence electrons. The number of hydrogen-bond acceptors (Lipinski definition) is 9. The first kappa shape index (κ1) is 35.7. The minimum absolute atomic E-state index is 0.142. The summed E-state index contributed by atoms with van der Waals surface area (Å²) in [6, 6.07) is 13.6. The number of amides is 2. The van der Waals surface area contributed by atoms with E-state index in [1.807, 2.05) is 12.1 Å². The number of fused-ring (bicyclic) bond motifs is 3. The number of ketones is 1. The highest BCUT2D eigenvalue weighted by Crippen LogP contribution is 2.50. The summed E-state index contributed by atoms with van der Waals surface area (Å²) in [7, 11) is 6.44. The lowest BCUT2D eigenvalue weighted by molar-refractivity contribution is -0.119. The number of carbonyl (C=O) groups excluding carboxylic acids is 3. The second kappa shape index (κ2) is 16.2. The molecule has 1 heterocycles. The number of benzene rings is 2. The number of methoxy groups -OCH3 is 3. The van der Waals surface area contributed by atoms with Crippen LogP contribution in [0.5, 0.6) is 17.2 Å². The number of ether oxygens (including phenoxy) is 3. The molecule has 1 aliphatic rings. The van der Waals surface area contributed by atoms with Crippen LogP contribution in [0.2, 0.25) is 0 Å². The molecule has 0 spiro atoms. The molecular weight excluding hydrogens is 638 g/mol. The first-order chi connectivity index (χ1) is 24.1. The van der Waals surface area contributed by atoms with Crippen molar-refractivity contribution in [3.63, 3.8) is 0 Å². The summed E-state index contributed by atoms with van der Waals surface area (Å²) in [5.41, 5.74) is 4.42. The van der Waals surface area contributed by atoms with Crippen molar-refractivity contribution in [3.05, 3.63) is 93.7 Å². The van der Waals surface area contributed by atoms with E-state index in [0.717, 1.165) is 29.5 Å². The maximum Gasteiger partial charge on any atom is 0.228 e. The largest absolute Gasteiger partial charge is 0.493 e. The molecule has 50 heavy (non-hydrogen) atoms. The molecule has 12 nitrogen and oxygen atoms in total. The molecule has 5 rings (SSSR count). The molecule has 0 saturated heterocycles. The summed E-state index contributed by atoms with van der Waals surface area (Å²) in [4.78, 5) is 55.3. The summed E-state index contributed by atoms with van der Waals surface area (Å²) in [6.07, 6.45) is 6.94. The second-order valence-corrected chi connectivity index (χ2v) is 12.2. The summed E-state index contributed by atoms with van der Waals surface area (Å²) in [6.45, 7) is 2.00. The lowest BCUT2D eigenvalue weighted by atomic mass is 9.95. The quantitative estimate of drug-likeness (QED) is 0.117. The molecular formula is C38H43N5O7. The Hall–Kier alpha value is -5.65. The van der Waals surface area contributed by atoms with Crippen molar-refractivity contribution in [3.8, 4) is 28.4 Å². The highest BCUT2D eigenvalue weighted by molar-refractivity contribution is 6.07. The molecule has 1 aromatic heterocycles. The number of anilines is 2. The third-order valence-electron chi connectivity index (χ3n) is 8.74. The van der Waals surface area contributed by atoms with Gasteiger partial charge in [-0.15, -0.1) is 0 Å². The number of nitrogens with one attached hydrogen (secondary N) is 3. The van der Waals surface area contributed by atoms with Crippen molar-refractivity contribution in [2.75, 3.05) is 38.5 Å². The van der Waals surface area contributed by atoms with Gasteiger partial charge in [0.2, 0.25) is 28.8 Å². The van der Waals surface area contributed by atoms with Gasteiger partial charge in [0.15, 0.2) is 17.3 Å². The fourth-order valence-corrected chi connectivity index (χ4v) is 6.34. The monoisotopic (exact) mass is 681 g/mol. The minimum Gasteiger partial charge on any atom is -0.493 e. The van der Waals surface area contributed by atoms with Crippen LogP contribution in [0, 0.1) is 0 Å². The van der Waals surface area contributed by atoms with Gasteiger partial charge in [-0.3, -0.25) is 19.2 Å². The molecule has 0 unspecified atom stereocenters. The van der Waals surface area contributed by atoms with E-state index >= 15 is 0 Å². The maximum atomic E-state index is 13.5. The third-order valence-corrected chi connectivity index (χ3v) is 8.74. The van der Waals surface area contributed by atoms with Gasteiger partial charge in [-0.2, -0.15) is 0 Å². The molecule has 0 bridgehead atoms. The number of imidazole rings is 1. The fraction of sp³-hybridized carbons (Fsp3) is 0.342. The average Bonchev–Trinajstić information content (AvgIpc) is 3.40. The van der Waals surface area contributed by atoms with Crippen LogP contribution in [0.15, 0.2) is 65.7 Å². The van der Waals surface area contributed by atoms with Gasteiger partial charge >= 0.3 is 0 Å². The van der Waals surface area contributed by atoms with Gasteiger partial charge in [0.25, 0.3) is 0 Å². The number of aryl methyl sites for hydroxylation is 2. The fourth-order valence-electron chi connectivity index (χ4n) is 6.34. The SMILES string of the molecule is COc1cc2c(c(OC)c1OC)-c1ccc(NCCCCCC(=O)Nc3cccc(C(=O)c4nccn4C)c3)c(=O)cc1[C@H](NC(C)=O)CC2. The van der Waals surface area contributed by atoms with Crippen molar-refractivity contribution < 1.29 is 28.6 Å². The van der Waals surface area contributed by atoms with Crippen molar-refractivity contribution in [1.29, 1.82) is 0 Å². The van der Waals surface area contributed by atoms with Crippen LogP contribution in [-0.4, -0.2) is 55.0 Å². The topological polar surface area (TPSA) is 150 Å². The van der Waals surface area contributed by atoms with Gasteiger partial charge < -0.3 is 34.7 Å². The highest BCUT2D eigenvalue weighted by atomic mass is 16.5. The van der Waals surface area contributed by atoms with Gasteiger partial charge in [-0.1, -0.05) is 24.6 Å². The van der Waals surface area contributed by atoms with Crippen LogP contribution in [0.3, 0.4) is 0 Å². The third kappa shape index (κ3) is 7.96. The van der Waals surface area contributed by atoms with Gasteiger partial charge in [-0.05, 0) is 72.7 Å². The lowest BCUT2D eigenvalue weighted by Crippen LogP contribution is -2.26. The molecule has 0 fully saturated rings. The number of hydrogen-bond donors (Lipinski definition) is 3. The number of nitrogens with zero attached hydrogens (tertiary/aromatic N) is 2. The summed E-state index contributed by atoms with van der Waals surface area (Å²) >= 11 is 0. The zero-order valence-electron chi connectivity index (χ0n) is 29.1. The molecule has 12 heteroatoms. The molecule has 3 N–H and O–H groups in total. The minimum atomic E-state index is -0.389. The Morgan fingerprint density at radius 1 is 0.960 bits per heavy atom. The van der Waals surface area contributed by atoms with E-state index < -0.39 is 0 Å². The second-order valence-electron chi connectivity index (χ2n) is 12.2. The van der Waals surface area contributed by atoms with Crippen LogP contribution in [-0.2, 0) is 23.1 Å². The zero-order chi connectivity index (χ0) is 35.8. The Morgan fingerprint density at radius 3 is 2.46 bits per heavy atom. The van der Waals surface area contributed by atoms with Crippen molar-refractivity contribution in [2.24, 2.45) is 7.05 Å². The zero-order valence-corrected chi connectivity index (χ0v) is 29.1. The number of rotatable bonds is 14. The van der Waals surface area contributed by atoms with Crippen molar-refractivity contribution in [1.82, 2.24) is 14.9 Å². The van der Waals surface area contributed by atoms with E-state index in [0.29, 0.717) is 77.8 Å². The molecule has 2 amide bonds. The molecule has 0 saturated carbocycles.